The van der Waals surface area contributed by atoms with Crippen LogP contribution in [-0.4, -0.2) is 52.0 Å². The van der Waals surface area contributed by atoms with E-state index >= 15 is 0 Å². The molecule has 0 saturated heterocycles. The minimum Gasteiger partial charge on any atom is -0.508 e. The first kappa shape index (κ1) is 23.9. The van der Waals surface area contributed by atoms with Crippen molar-refractivity contribution in [1.82, 2.24) is 10.6 Å². The van der Waals surface area contributed by atoms with Crippen LogP contribution in [0.4, 0.5) is 0 Å². The van der Waals surface area contributed by atoms with Crippen LogP contribution in [0.3, 0.4) is 0 Å². The van der Waals surface area contributed by atoms with Crippen LogP contribution in [0.15, 0.2) is 24.3 Å². The predicted octanol–water partition coefficient (Wildman–Crippen LogP) is -0.762. The summed E-state index contributed by atoms with van der Waals surface area (Å²) in [5, 5.41) is 23.3. The molecule has 8 N–H and O–H groups in total. The highest BCUT2D eigenvalue weighted by Gasteiger charge is 2.31. The van der Waals surface area contributed by atoms with Gasteiger partial charge >= 0.3 is 5.97 Å². The molecule has 0 aliphatic rings. The van der Waals surface area contributed by atoms with Gasteiger partial charge in [-0.15, -0.1) is 0 Å². The van der Waals surface area contributed by atoms with Gasteiger partial charge in [-0.1, -0.05) is 32.4 Å². The standard InChI is InChI=1S/C19H28N4O6/c1-3-10(2)16(19(28)29)23-18(27)14(9-15(21)25)22-17(26)13(20)8-11-4-6-12(24)7-5-11/h4-7,10,13-14,16,24H,3,8-9,20H2,1-2H3,(H2,21,25)(H,22,26)(H,23,27)(H,28,29). The van der Waals surface area contributed by atoms with E-state index < -0.39 is 48.2 Å². The number of carbonyl (C=O) groups excluding carboxylic acids is 3. The molecule has 0 aliphatic carbocycles. The number of nitrogens with one attached hydrogen (secondary N) is 2. The maximum Gasteiger partial charge on any atom is 0.326 e. The summed E-state index contributed by atoms with van der Waals surface area (Å²) in [4.78, 5) is 47.6. The maximum atomic E-state index is 12.5. The zero-order valence-electron chi connectivity index (χ0n) is 16.4. The number of carboxylic acid groups (broad SMARTS) is 1. The van der Waals surface area contributed by atoms with Gasteiger partial charge in [-0.3, -0.25) is 14.4 Å². The highest BCUT2D eigenvalue weighted by atomic mass is 16.4. The van der Waals surface area contributed by atoms with Crippen molar-refractivity contribution in [2.45, 2.75) is 51.2 Å². The molecule has 29 heavy (non-hydrogen) atoms. The molecule has 1 aromatic carbocycles. The fourth-order valence-corrected chi connectivity index (χ4v) is 2.60. The van der Waals surface area contributed by atoms with Crippen molar-refractivity contribution in [3.63, 3.8) is 0 Å². The van der Waals surface area contributed by atoms with Crippen molar-refractivity contribution >= 4 is 23.7 Å². The van der Waals surface area contributed by atoms with Crippen molar-refractivity contribution < 1.29 is 29.4 Å². The van der Waals surface area contributed by atoms with E-state index in [1.807, 2.05) is 0 Å². The molecule has 0 aromatic heterocycles. The van der Waals surface area contributed by atoms with E-state index in [1.54, 1.807) is 26.0 Å². The highest BCUT2D eigenvalue weighted by molar-refractivity contribution is 5.94. The minimum atomic E-state index is -1.35. The number of phenolic OH excluding ortho intramolecular Hbond substituents is 1. The number of aliphatic carboxylic acids is 1. The van der Waals surface area contributed by atoms with Gasteiger partial charge in [0.15, 0.2) is 0 Å². The largest absolute Gasteiger partial charge is 0.508 e. The average molecular weight is 408 g/mol. The summed E-state index contributed by atoms with van der Waals surface area (Å²) in [7, 11) is 0. The number of aromatic hydroxyl groups is 1. The predicted molar refractivity (Wildman–Crippen MR) is 105 cm³/mol. The fourth-order valence-electron chi connectivity index (χ4n) is 2.60. The molecule has 0 aliphatic heterocycles. The Balaban J connectivity index is 2.84. The highest BCUT2D eigenvalue weighted by Crippen LogP contribution is 2.11. The molecule has 0 fully saturated rings. The van der Waals surface area contributed by atoms with E-state index in [9.17, 15) is 29.4 Å². The van der Waals surface area contributed by atoms with Crippen molar-refractivity contribution in [2.75, 3.05) is 0 Å². The molecule has 0 radical (unpaired) electrons. The lowest BCUT2D eigenvalue weighted by molar-refractivity contribution is -0.143. The number of phenols is 1. The van der Waals surface area contributed by atoms with Crippen molar-refractivity contribution in [3.8, 4) is 5.75 Å². The Labute approximate surface area is 168 Å². The molecule has 1 aromatic rings. The molecule has 10 nitrogen and oxygen atoms in total. The third kappa shape index (κ3) is 7.78. The van der Waals surface area contributed by atoms with Gasteiger partial charge in [-0.05, 0) is 30.0 Å². The lowest BCUT2D eigenvalue weighted by Crippen LogP contribution is -2.56. The Bertz CT molecular complexity index is 737. The zero-order valence-corrected chi connectivity index (χ0v) is 16.4. The Morgan fingerprint density at radius 1 is 1.07 bits per heavy atom. The molecule has 10 heteroatoms. The first-order chi connectivity index (χ1) is 13.5. The van der Waals surface area contributed by atoms with Crippen LogP contribution >= 0.6 is 0 Å². The Morgan fingerprint density at radius 3 is 2.14 bits per heavy atom. The Morgan fingerprint density at radius 2 is 1.66 bits per heavy atom. The topological polar surface area (TPSA) is 185 Å². The van der Waals surface area contributed by atoms with Gasteiger partial charge in [0.1, 0.15) is 17.8 Å². The van der Waals surface area contributed by atoms with Crippen LogP contribution in [-0.2, 0) is 25.6 Å². The van der Waals surface area contributed by atoms with Crippen molar-refractivity contribution in [2.24, 2.45) is 17.4 Å². The molecule has 3 amide bonds. The van der Waals surface area contributed by atoms with Crippen LogP contribution in [0.2, 0.25) is 0 Å². The second-order valence-corrected chi connectivity index (χ2v) is 6.92. The van der Waals surface area contributed by atoms with E-state index in [-0.39, 0.29) is 18.1 Å². The lowest BCUT2D eigenvalue weighted by atomic mass is 9.98. The van der Waals surface area contributed by atoms with Gasteiger partial charge in [0.25, 0.3) is 0 Å². The van der Waals surface area contributed by atoms with Gasteiger partial charge in [0.2, 0.25) is 17.7 Å². The number of nitrogens with two attached hydrogens (primary N) is 2. The van der Waals surface area contributed by atoms with Gasteiger partial charge in [-0.2, -0.15) is 0 Å². The average Bonchev–Trinajstić information content (AvgIpc) is 2.65. The second kappa shape index (κ2) is 11.0. The molecule has 4 unspecified atom stereocenters. The first-order valence-electron chi connectivity index (χ1n) is 9.20. The number of hydrogen-bond acceptors (Lipinski definition) is 6. The molecule has 0 heterocycles. The number of amides is 3. The SMILES string of the molecule is CCC(C)C(NC(=O)C(CC(N)=O)NC(=O)C(N)Cc1ccc(O)cc1)C(=O)O. The molecule has 1 rings (SSSR count). The molecular weight excluding hydrogens is 380 g/mol. The number of carbonyl (C=O) groups is 4. The van der Waals surface area contributed by atoms with Crippen LogP contribution < -0.4 is 22.1 Å². The summed E-state index contributed by atoms with van der Waals surface area (Å²) in [5.74, 6) is -3.89. The van der Waals surface area contributed by atoms with Gasteiger partial charge in [0, 0.05) is 0 Å². The van der Waals surface area contributed by atoms with Crippen molar-refractivity contribution in [3.05, 3.63) is 29.8 Å². The summed E-state index contributed by atoms with van der Waals surface area (Å²) in [5.41, 5.74) is 11.7. The Hall–Kier alpha value is -3.14. The summed E-state index contributed by atoms with van der Waals surface area (Å²) < 4.78 is 0. The number of benzene rings is 1. The van der Waals surface area contributed by atoms with Crippen LogP contribution in [0.5, 0.6) is 5.75 Å². The second-order valence-electron chi connectivity index (χ2n) is 6.92. The quantitative estimate of drug-likeness (QED) is 0.278. The van der Waals surface area contributed by atoms with Gasteiger partial charge in [-0.25, -0.2) is 4.79 Å². The molecule has 4 atom stereocenters. The minimum absolute atomic E-state index is 0.0688. The molecule has 0 spiro atoms. The molecule has 160 valence electrons. The molecule has 0 bridgehead atoms. The Kier molecular flexibility index (Phi) is 9.07. The summed E-state index contributed by atoms with van der Waals surface area (Å²) in [6.45, 7) is 3.44. The normalized spacial score (nSPS) is 14.9. The number of carboxylic acids is 1. The lowest BCUT2D eigenvalue weighted by Gasteiger charge is -2.24. The number of hydrogen-bond donors (Lipinski definition) is 6. The summed E-state index contributed by atoms with van der Waals surface area (Å²) in [6, 6.07) is 2.53. The van der Waals surface area contributed by atoms with E-state index in [1.165, 1.54) is 12.1 Å². The van der Waals surface area contributed by atoms with Crippen LogP contribution in [0.1, 0.15) is 32.3 Å². The third-order valence-electron chi connectivity index (χ3n) is 4.54. The van der Waals surface area contributed by atoms with E-state index in [2.05, 4.69) is 10.6 Å². The van der Waals surface area contributed by atoms with Gasteiger partial charge < -0.3 is 32.3 Å². The molecular formula is C19H28N4O6. The third-order valence-corrected chi connectivity index (χ3v) is 4.54. The van der Waals surface area contributed by atoms with Crippen molar-refractivity contribution in [1.29, 1.82) is 0 Å². The maximum absolute atomic E-state index is 12.5. The number of primary amides is 1. The fraction of sp³-hybridized carbons (Fsp3) is 0.474. The summed E-state index contributed by atoms with van der Waals surface area (Å²) >= 11 is 0. The first-order valence-corrected chi connectivity index (χ1v) is 9.20. The summed E-state index contributed by atoms with van der Waals surface area (Å²) in [6.07, 6.45) is 0.125. The van der Waals surface area contributed by atoms with Gasteiger partial charge in [0.05, 0.1) is 12.5 Å². The zero-order chi connectivity index (χ0) is 22.1. The van der Waals surface area contributed by atoms with E-state index in [0.29, 0.717) is 12.0 Å². The monoisotopic (exact) mass is 408 g/mol. The van der Waals surface area contributed by atoms with Crippen LogP contribution in [0, 0.1) is 5.92 Å². The van der Waals surface area contributed by atoms with E-state index in [4.69, 9.17) is 11.5 Å². The van der Waals surface area contributed by atoms with Crippen LogP contribution in [0.25, 0.3) is 0 Å². The number of rotatable bonds is 11. The smallest absolute Gasteiger partial charge is 0.326 e. The molecule has 0 saturated carbocycles. The van der Waals surface area contributed by atoms with E-state index in [0.717, 1.165) is 0 Å².